The van der Waals surface area contributed by atoms with E-state index in [1.165, 1.54) is 44.1 Å². The summed E-state index contributed by atoms with van der Waals surface area (Å²) in [4.78, 5) is 22.4. The lowest BCUT2D eigenvalue weighted by molar-refractivity contribution is -0.133. The summed E-state index contributed by atoms with van der Waals surface area (Å²) in [5, 5.41) is 12.7. The van der Waals surface area contributed by atoms with Crippen LogP contribution in [0.3, 0.4) is 0 Å². The van der Waals surface area contributed by atoms with Crippen LogP contribution in [0.25, 0.3) is 0 Å². The lowest BCUT2D eigenvalue weighted by atomic mass is 9.66. The summed E-state index contributed by atoms with van der Waals surface area (Å²) in [6, 6.07) is 4.36. The van der Waals surface area contributed by atoms with Crippen molar-refractivity contribution in [2.75, 3.05) is 13.2 Å². The van der Waals surface area contributed by atoms with Crippen LogP contribution in [0.5, 0.6) is 11.5 Å². The first kappa shape index (κ1) is 29.2. The Morgan fingerprint density at radius 1 is 1.14 bits per heavy atom. The Bertz CT molecular complexity index is 965. The normalized spacial score (nSPS) is 20.3. The number of hydrogen-bond donors (Lipinski definition) is 1. The second-order valence-electron chi connectivity index (χ2n) is 12.1. The van der Waals surface area contributed by atoms with Crippen LogP contribution in [0.4, 0.5) is 0 Å². The molecular formula is C31H47NO5. The van der Waals surface area contributed by atoms with Crippen molar-refractivity contribution in [3.63, 3.8) is 0 Å². The zero-order valence-corrected chi connectivity index (χ0v) is 23.6. The maximum atomic E-state index is 11.9. The van der Waals surface area contributed by atoms with E-state index in [-0.39, 0.29) is 17.3 Å². The minimum Gasteiger partial charge on any atom is -0.493 e. The SMILES string of the molecule is CCCCCCCCC(C)(C)c1cc(OCCCCN=O)c2c(c1)OC(C)(C)[C@@H]1CC=C(C(=O)O)C[C@@H]21. The average molecular weight is 514 g/mol. The number of aliphatic carboxylic acids is 1. The third-order valence-corrected chi connectivity index (χ3v) is 8.40. The van der Waals surface area contributed by atoms with Gasteiger partial charge in [-0.2, -0.15) is 4.91 Å². The molecule has 1 N–H and O–H groups in total. The van der Waals surface area contributed by atoms with Crippen LogP contribution in [0, 0.1) is 10.8 Å². The number of hydrogen-bond acceptors (Lipinski definition) is 5. The average Bonchev–Trinajstić information content (AvgIpc) is 2.85. The van der Waals surface area contributed by atoms with Crippen LogP contribution in [0.2, 0.25) is 0 Å². The molecule has 1 aromatic rings. The van der Waals surface area contributed by atoms with Crippen molar-refractivity contribution in [1.82, 2.24) is 0 Å². The largest absolute Gasteiger partial charge is 0.493 e. The number of unbranched alkanes of at least 4 members (excludes halogenated alkanes) is 6. The number of benzene rings is 1. The Kier molecular flexibility index (Phi) is 10.2. The standard InChI is InChI=1S/C31H47NO5/c1-6-7-8-9-10-11-16-30(2,3)23-20-26(36-18-13-12-17-32-35)28-24-19-22(29(33)34)14-15-25(24)31(4,5)37-27(28)21-23/h14,20-21,24-25H,6-13,15-19H2,1-5H3,(H,33,34)/t24-,25-/m1/s1. The van der Waals surface area contributed by atoms with E-state index in [1.807, 2.05) is 6.08 Å². The molecule has 0 fully saturated rings. The van der Waals surface area contributed by atoms with Crippen LogP contribution in [0.1, 0.15) is 122 Å². The van der Waals surface area contributed by atoms with Gasteiger partial charge in [0.1, 0.15) is 17.1 Å². The molecule has 1 aliphatic heterocycles. The van der Waals surface area contributed by atoms with E-state index in [0.717, 1.165) is 29.9 Å². The molecule has 0 radical (unpaired) electrons. The van der Waals surface area contributed by atoms with Gasteiger partial charge in [0.25, 0.3) is 0 Å². The lowest BCUT2D eigenvalue weighted by Crippen LogP contribution is -2.46. The number of nitrogens with zero attached hydrogens (tertiary/aromatic N) is 1. The van der Waals surface area contributed by atoms with Crippen LogP contribution in [-0.2, 0) is 10.2 Å². The first-order valence-corrected chi connectivity index (χ1v) is 14.3. The number of nitroso groups, excluding NO2 is 1. The van der Waals surface area contributed by atoms with E-state index in [2.05, 4.69) is 51.9 Å². The topological polar surface area (TPSA) is 85.2 Å². The van der Waals surface area contributed by atoms with Gasteiger partial charge in [0.2, 0.25) is 0 Å². The molecule has 0 aromatic heterocycles. The lowest BCUT2D eigenvalue weighted by Gasteiger charge is -2.47. The Hall–Kier alpha value is -2.37. The van der Waals surface area contributed by atoms with Crippen molar-refractivity contribution in [2.45, 2.75) is 122 Å². The Morgan fingerprint density at radius 2 is 1.86 bits per heavy atom. The molecule has 1 heterocycles. The molecule has 6 nitrogen and oxygen atoms in total. The smallest absolute Gasteiger partial charge is 0.331 e. The molecule has 0 amide bonds. The van der Waals surface area contributed by atoms with E-state index >= 15 is 0 Å². The van der Waals surface area contributed by atoms with Crippen molar-refractivity contribution in [3.05, 3.63) is 39.8 Å². The van der Waals surface area contributed by atoms with E-state index in [4.69, 9.17) is 9.47 Å². The van der Waals surface area contributed by atoms with Crippen molar-refractivity contribution in [1.29, 1.82) is 0 Å². The number of fused-ring (bicyclic) bond motifs is 3. The third kappa shape index (κ3) is 7.36. The highest BCUT2D eigenvalue weighted by Crippen LogP contribution is 2.55. The molecule has 206 valence electrons. The molecule has 0 saturated carbocycles. The van der Waals surface area contributed by atoms with Crippen LogP contribution in [-0.4, -0.2) is 29.8 Å². The van der Waals surface area contributed by atoms with Gasteiger partial charge < -0.3 is 14.6 Å². The molecule has 1 aromatic carbocycles. The van der Waals surface area contributed by atoms with Gasteiger partial charge in [0, 0.05) is 23.0 Å². The zero-order valence-electron chi connectivity index (χ0n) is 23.6. The zero-order chi connectivity index (χ0) is 27.1. The summed E-state index contributed by atoms with van der Waals surface area (Å²) in [6.07, 6.45) is 13.1. The molecule has 1 aliphatic carbocycles. The first-order valence-electron chi connectivity index (χ1n) is 14.3. The Labute approximate surface area is 223 Å². The van der Waals surface area contributed by atoms with Crippen LogP contribution < -0.4 is 9.47 Å². The maximum absolute atomic E-state index is 11.9. The Morgan fingerprint density at radius 3 is 2.57 bits per heavy atom. The van der Waals surface area contributed by atoms with Gasteiger partial charge >= 0.3 is 5.97 Å². The number of carbonyl (C=O) groups is 1. The van der Waals surface area contributed by atoms with Gasteiger partial charge in [-0.05, 0) is 69.1 Å². The summed E-state index contributed by atoms with van der Waals surface area (Å²) in [5.74, 6) is 0.990. The van der Waals surface area contributed by atoms with Gasteiger partial charge in [-0.1, -0.05) is 70.5 Å². The van der Waals surface area contributed by atoms with Crippen molar-refractivity contribution >= 4 is 5.97 Å². The van der Waals surface area contributed by atoms with Gasteiger partial charge in [0.05, 0.1) is 13.2 Å². The fourth-order valence-electron chi connectivity index (χ4n) is 6.01. The van der Waals surface area contributed by atoms with E-state index in [0.29, 0.717) is 38.0 Å². The van der Waals surface area contributed by atoms with Gasteiger partial charge in [-0.25, -0.2) is 4.79 Å². The molecule has 6 heteroatoms. The first-order chi connectivity index (χ1) is 17.6. The van der Waals surface area contributed by atoms with E-state index in [1.54, 1.807) is 0 Å². The molecule has 0 unspecified atom stereocenters. The maximum Gasteiger partial charge on any atom is 0.331 e. The fourth-order valence-corrected chi connectivity index (χ4v) is 6.01. The summed E-state index contributed by atoms with van der Waals surface area (Å²) in [5.41, 5.74) is 2.22. The molecule has 2 aliphatic rings. The van der Waals surface area contributed by atoms with Gasteiger partial charge in [-0.15, -0.1) is 0 Å². The van der Waals surface area contributed by atoms with Gasteiger partial charge in [-0.3, -0.25) is 0 Å². The minimum absolute atomic E-state index is 0.0252. The molecule has 0 saturated heterocycles. The second-order valence-corrected chi connectivity index (χ2v) is 12.1. The van der Waals surface area contributed by atoms with E-state index < -0.39 is 11.6 Å². The molecule has 37 heavy (non-hydrogen) atoms. The van der Waals surface area contributed by atoms with Gasteiger partial charge in [0.15, 0.2) is 0 Å². The van der Waals surface area contributed by atoms with Crippen molar-refractivity contribution < 1.29 is 19.4 Å². The summed E-state index contributed by atoms with van der Waals surface area (Å²) < 4.78 is 13.0. The summed E-state index contributed by atoms with van der Waals surface area (Å²) >= 11 is 0. The molecule has 0 spiro atoms. The highest BCUT2D eigenvalue weighted by molar-refractivity contribution is 5.87. The highest BCUT2D eigenvalue weighted by Gasteiger charge is 2.47. The number of ether oxygens (including phenoxy) is 2. The summed E-state index contributed by atoms with van der Waals surface area (Å²) in [6.45, 7) is 11.9. The second kappa shape index (κ2) is 12.9. The highest BCUT2D eigenvalue weighted by atomic mass is 16.5. The number of carboxylic acids is 1. The predicted octanol–water partition coefficient (Wildman–Crippen LogP) is 8.32. The third-order valence-electron chi connectivity index (χ3n) is 8.40. The molecule has 0 bridgehead atoms. The van der Waals surface area contributed by atoms with Crippen LogP contribution in [0.15, 0.2) is 29.0 Å². The Balaban J connectivity index is 1.92. The monoisotopic (exact) mass is 513 g/mol. The van der Waals surface area contributed by atoms with E-state index in [9.17, 15) is 14.8 Å². The molecule has 2 atom stereocenters. The van der Waals surface area contributed by atoms with Crippen molar-refractivity contribution in [2.24, 2.45) is 11.1 Å². The molecular weight excluding hydrogens is 466 g/mol. The fraction of sp³-hybridized carbons (Fsp3) is 0.710. The van der Waals surface area contributed by atoms with Crippen molar-refractivity contribution in [3.8, 4) is 11.5 Å². The number of allylic oxidation sites excluding steroid dienone is 1. The number of carboxylic acid groups (broad SMARTS) is 1. The molecule has 3 rings (SSSR count). The van der Waals surface area contributed by atoms with Crippen LogP contribution >= 0.6 is 0 Å². The summed E-state index contributed by atoms with van der Waals surface area (Å²) in [7, 11) is 0. The number of rotatable bonds is 15. The predicted molar refractivity (Wildman–Crippen MR) is 149 cm³/mol. The minimum atomic E-state index is -0.843. The quantitative estimate of drug-likeness (QED) is 0.188.